The molecule has 0 radical (unpaired) electrons. The Hall–Kier alpha value is -1.19. The minimum Gasteiger partial charge on any atom is -0.321 e. The van der Waals surface area contributed by atoms with Crippen LogP contribution in [0.5, 0.6) is 0 Å². The first-order valence-electron chi connectivity index (χ1n) is 4.88. The van der Waals surface area contributed by atoms with Crippen molar-refractivity contribution in [1.82, 2.24) is 0 Å². The molecule has 0 amide bonds. The molecule has 2 N–H and O–H groups in total. The van der Waals surface area contributed by atoms with Gasteiger partial charge in [-0.05, 0) is 18.1 Å². The molecule has 1 rings (SSSR count). The number of carbonyl (C=O) groups excluding carboxylic acids is 1. The molecule has 0 saturated carbocycles. The van der Waals surface area contributed by atoms with Gasteiger partial charge in [-0.15, -0.1) is 6.58 Å². The number of Topliss-reactive ketones (excluding diaryl/α,β-unsaturated/α-hetero) is 1. The highest BCUT2D eigenvalue weighted by molar-refractivity contribution is 6.31. The molecule has 0 aliphatic carbocycles. The van der Waals surface area contributed by atoms with Gasteiger partial charge in [0.15, 0.2) is 5.78 Å². The number of hydrogen-bond acceptors (Lipinski definition) is 2. The van der Waals surface area contributed by atoms with Gasteiger partial charge in [0.2, 0.25) is 0 Å². The molecule has 0 spiro atoms. The van der Waals surface area contributed by atoms with E-state index >= 15 is 0 Å². The zero-order valence-corrected chi connectivity index (χ0v) is 9.51. The van der Waals surface area contributed by atoms with Gasteiger partial charge in [-0.2, -0.15) is 0 Å². The quantitative estimate of drug-likeness (QED) is 0.805. The lowest BCUT2D eigenvalue weighted by molar-refractivity contribution is -0.119. The fraction of sp³-hybridized carbons (Fsp3) is 0.250. The first-order valence-corrected chi connectivity index (χ1v) is 5.26. The smallest absolute Gasteiger partial charge is 0.154 e. The molecule has 0 heterocycles. The molecule has 0 aromatic heterocycles. The van der Waals surface area contributed by atoms with Crippen LogP contribution in [0.4, 0.5) is 4.39 Å². The first kappa shape index (κ1) is 12.9. The van der Waals surface area contributed by atoms with Gasteiger partial charge in [0, 0.05) is 6.42 Å². The Kier molecular flexibility index (Phi) is 4.65. The van der Waals surface area contributed by atoms with Crippen LogP contribution < -0.4 is 5.73 Å². The lowest BCUT2D eigenvalue weighted by atomic mass is 10.0. The van der Waals surface area contributed by atoms with Gasteiger partial charge in [-0.1, -0.05) is 29.8 Å². The summed E-state index contributed by atoms with van der Waals surface area (Å²) in [6.07, 6.45) is 2.03. The van der Waals surface area contributed by atoms with Crippen molar-refractivity contribution in [3.05, 3.63) is 47.3 Å². The minimum atomic E-state index is -0.600. The molecular formula is C12H13ClFNO. The average molecular weight is 242 g/mol. The normalized spacial score (nSPS) is 12.2. The molecule has 0 fully saturated rings. The van der Waals surface area contributed by atoms with Crippen molar-refractivity contribution >= 4 is 17.4 Å². The summed E-state index contributed by atoms with van der Waals surface area (Å²) in [5, 5.41) is -0.0124. The molecule has 2 nitrogen and oxygen atoms in total. The highest BCUT2D eigenvalue weighted by Crippen LogP contribution is 2.20. The molecule has 1 atom stereocenters. The summed E-state index contributed by atoms with van der Waals surface area (Å²) in [5.74, 6) is -0.698. The van der Waals surface area contributed by atoms with Gasteiger partial charge in [-0.25, -0.2) is 4.39 Å². The maximum atomic E-state index is 13.1. The fourth-order valence-electron chi connectivity index (χ4n) is 1.31. The standard InChI is InChI=1S/C12H13ClFNO/c1-2-4-10(15)11(16)7-8-5-3-6-9(14)12(8)13/h2-3,5-6,10H,1,4,7,15H2. The van der Waals surface area contributed by atoms with Crippen molar-refractivity contribution in [3.8, 4) is 0 Å². The van der Waals surface area contributed by atoms with E-state index in [9.17, 15) is 9.18 Å². The Bertz CT molecular complexity index is 406. The minimum absolute atomic E-state index is 0.0124. The summed E-state index contributed by atoms with van der Waals surface area (Å²) in [5.41, 5.74) is 6.07. The molecule has 0 bridgehead atoms. The molecule has 86 valence electrons. The Morgan fingerprint density at radius 2 is 2.31 bits per heavy atom. The molecule has 1 unspecified atom stereocenters. The van der Waals surface area contributed by atoms with E-state index in [2.05, 4.69) is 6.58 Å². The van der Waals surface area contributed by atoms with Crippen LogP contribution >= 0.6 is 11.6 Å². The van der Waals surface area contributed by atoms with Crippen molar-refractivity contribution in [2.45, 2.75) is 18.9 Å². The van der Waals surface area contributed by atoms with E-state index in [1.54, 1.807) is 12.1 Å². The summed E-state index contributed by atoms with van der Waals surface area (Å²) in [4.78, 5) is 11.6. The van der Waals surface area contributed by atoms with Crippen LogP contribution in [-0.2, 0) is 11.2 Å². The third-order valence-corrected chi connectivity index (χ3v) is 2.65. The number of nitrogens with two attached hydrogens (primary N) is 1. The highest BCUT2D eigenvalue weighted by Gasteiger charge is 2.15. The second kappa shape index (κ2) is 5.77. The largest absolute Gasteiger partial charge is 0.321 e. The van der Waals surface area contributed by atoms with Crippen molar-refractivity contribution in [2.24, 2.45) is 5.73 Å². The van der Waals surface area contributed by atoms with Crippen molar-refractivity contribution in [3.63, 3.8) is 0 Å². The lowest BCUT2D eigenvalue weighted by Gasteiger charge is -2.09. The monoisotopic (exact) mass is 241 g/mol. The molecule has 1 aromatic carbocycles. The lowest BCUT2D eigenvalue weighted by Crippen LogP contribution is -2.31. The van der Waals surface area contributed by atoms with E-state index in [0.717, 1.165) is 0 Å². The molecule has 0 aliphatic heterocycles. The van der Waals surface area contributed by atoms with Crippen LogP contribution in [0, 0.1) is 5.82 Å². The molecular weight excluding hydrogens is 229 g/mol. The van der Waals surface area contributed by atoms with Gasteiger partial charge in [-0.3, -0.25) is 4.79 Å². The first-order chi connectivity index (χ1) is 7.56. The van der Waals surface area contributed by atoms with E-state index in [1.807, 2.05) is 0 Å². The topological polar surface area (TPSA) is 43.1 Å². The van der Waals surface area contributed by atoms with Crippen LogP contribution in [0.1, 0.15) is 12.0 Å². The SMILES string of the molecule is C=CCC(N)C(=O)Cc1cccc(F)c1Cl. The Morgan fingerprint density at radius 1 is 1.62 bits per heavy atom. The maximum Gasteiger partial charge on any atom is 0.154 e. The van der Waals surface area contributed by atoms with E-state index in [0.29, 0.717) is 12.0 Å². The van der Waals surface area contributed by atoms with Gasteiger partial charge in [0.25, 0.3) is 0 Å². The number of rotatable bonds is 5. The second-order valence-corrected chi connectivity index (χ2v) is 3.86. The fourth-order valence-corrected chi connectivity index (χ4v) is 1.51. The van der Waals surface area contributed by atoms with Crippen molar-refractivity contribution < 1.29 is 9.18 Å². The van der Waals surface area contributed by atoms with Crippen LogP contribution in [0.15, 0.2) is 30.9 Å². The summed E-state index contributed by atoms with van der Waals surface area (Å²) in [6, 6.07) is 3.78. The summed E-state index contributed by atoms with van der Waals surface area (Å²) >= 11 is 5.73. The maximum absolute atomic E-state index is 13.1. The number of benzene rings is 1. The van der Waals surface area contributed by atoms with Gasteiger partial charge in [0.1, 0.15) is 5.82 Å². The molecule has 1 aromatic rings. The molecule has 0 aliphatic rings. The van der Waals surface area contributed by atoms with Gasteiger partial charge in [0.05, 0.1) is 11.1 Å². The second-order valence-electron chi connectivity index (χ2n) is 3.49. The number of hydrogen-bond donors (Lipinski definition) is 1. The Balaban J connectivity index is 2.77. The molecule has 16 heavy (non-hydrogen) atoms. The molecule has 4 heteroatoms. The van der Waals surface area contributed by atoms with E-state index < -0.39 is 11.9 Å². The number of halogens is 2. The Morgan fingerprint density at radius 3 is 2.94 bits per heavy atom. The van der Waals surface area contributed by atoms with Crippen molar-refractivity contribution in [1.29, 1.82) is 0 Å². The number of ketones is 1. The van der Waals surface area contributed by atoms with Crippen LogP contribution in [-0.4, -0.2) is 11.8 Å². The Labute approximate surface area is 98.9 Å². The van der Waals surface area contributed by atoms with E-state index in [1.165, 1.54) is 12.1 Å². The predicted molar refractivity (Wildman–Crippen MR) is 62.9 cm³/mol. The zero-order valence-electron chi connectivity index (χ0n) is 8.75. The third kappa shape index (κ3) is 3.15. The van der Waals surface area contributed by atoms with E-state index in [4.69, 9.17) is 17.3 Å². The zero-order chi connectivity index (χ0) is 12.1. The average Bonchev–Trinajstić information content (AvgIpc) is 2.25. The van der Waals surface area contributed by atoms with Crippen LogP contribution in [0.25, 0.3) is 0 Å². The third-order valence-electron chi connectivity index (χ3n) is 2.23. The van der Waals surface area contributed by atoms with Crippen molar-refractivity contribution in [2.75, 3.05) is 0 Å². The summed E-state index contributed by atoms with van der Waals surface area (Å²) in [6.45, 7) is 3.50. The van der Waals surface area contributed by atoms with Crippen LogP contribution in [0.3, 0.4) is 0 Å². The van der Waals surface area contributed by atoms with Gasteiger partial charge >= 0.3 is 0 Å². The summed E-state index contributed by atoms with van der Waals surface area (Å²) < 4.78 is 13.1. The predicted octanol–water partition coefficient (Wildman–Crippen LogP) is 2.49. The summed E-state index contributed by atoms with van der Waals surface area (Å²) in [7, 11) is 0. The van der Waals surface area contributed by atoms with Crippen LogP contribution in [0.2, 0.25) is 5.02 Å². The van der Waals surface area contributed by atoms with E-state index in [-0.39, 0.29) is 17.2 Å². The highest BCUT2D eigenvalue weighted by atomic mass is 35.5. The van der Waals surface area contributed by atoms with Gasteiger partial charge < -0.3 is 5.73 Å². The molecule has 0 saturated heterocycles. The number of carbonyl (C=O) groups is 1.